The molecule has 0 spiro atoms. The molecule has 1 unspecified atom stereocenters. The molecule has 0 aromatic carbocycles. The van der Waals surface area contributed by atoms with Crippen molar-refractivity contribution in [1.82, 2.24) is 19.9 Å². The number of nitrogens with one attached hydrogen (secondary N) is 1. The monoisotopic (exact) mass is 448 g/mol. The molecule has 1 amide bonds. The molecule has 3 aromatic heterocycles. The highest BCUT2D eigenvalue weighted by atomic mass is 16.5. The minimum Gasteiger partial charge on any atom is -0.495 e. The summed E-state index contributed by atoms with van der Waals surface area (Å²) in [5, 5.41) is 27.3. The SMILES string of the molecule is COc1cc(-c2ccc(N3CCC(NC(=O)CC(C)C)[C@@H](O)C3)nc2)c2c(C#N)cnn2c1. The van der Waals surface area contributed by atoms with Crippen molar-refractivity contribution in [2.45, 2.75) is 38.8 Å². The highest BCUT2D eigenvalue weighted by molar-refractivity contribution is 5.85. The summed E-state index contributed by atoms with van der Waals surface area (Å²) in [6, 6.07) is 7.64. The van der Waals surface area contributed by atoms with Crippen molar-refractivity contribution in [3.8, 4) is 22.9 Å². The van der Waals surface area contributed by atoms with Crippen molar-refractivity contribution in [2.75, 3.05) is 25.1 Å². The predicted molar refractivity (Wildman–Crippen MR) is 124 cm³/mol. The number of nitrogens with zero attached hydrogens (tertiary/aromatic N) is 5. The first-order valence-corrected chi connectivity index (χ1v) is 11.0. The van der Waals surface area contributed by atoms with E-state index < -0.39 is 6.10 Å². The molecule has 2 N–H and O–H groups in total. The molecule has 3 aromatic rings. The van der Waals surface area contributed by atoms with Crippen LogP contribution in [0.3, 0.4) is 0 Å². The van der Waals surface area contributed by atoms with Gasteiger partial charge in [-0.15, -0.1) is 0 Å². The number of ether oxygens (including phenoxy) is 1. The number of carbonyl (C=O) groups is 1. The second kappa shape index (κ2) is 9.46. The number of pyridine rings is 2. The van der Waals surface area contributed by atoms with Gasteiger partial charge in [0.25, 0.3) is 0 Å². The van der Waals surface area contributed by atoms with Gasteiger partial charge in [0.1, 0.15) is 17.6 Å². The number of carbonyl (C=O) groups excluding carboxylic acids is 1. The van der Waals surface area contributed by atoms with E-state index in [1.807, 2.05) is 36.9 Å². The second-order valence-electron chi connectivity index (χ2n) is 8.74. The first-order valence-electron chi connectivity index (χ1n) is 11.0. The minimum atomic E-state index is -0.667. The zero-order valence-electron chi connectivity index (χ0n) is 19.0. The number of anilines is 1. The Hall–Kier alpha value is -3.64. The maximum atomic E-state index is 12.1. The number of amides is 1. The fourth-order valence-electron chi connectivity index (χ4n) is 4.19. The van der Waals surface area contributed by atoms with Gasteiger partial charge < -0.3 is 20.1 Å². The Morgan fingerprint density at radius 2 is 2.21 bits per heavy atom. The first-order chi connectivity index (χ1) is 15.9. The summed E-state index contributed by atoms with van der Waals surface area (Å²) < 4.78 is 7.02. The molecule has 1 aliphatic heterocycles. The highest BCUT2D eigenvalue weighted by Gasteiger charge is 2.29. The predicted octanol–water partition coefficient (Wildman–Crippen LogP) is 2.38. The smallest absolute Gasteiger partial charge is 0.220 e. The molecular weight excluding hydrogens is 420 g/mol. The third-order valence-corrected chi connectivity index (χ3v) is 5.85. The summed E-state index contributed by atoms with van der Waals surface area (Å²) in [5.74, 6) is 1.63. The average molecular weight is 449 g/mol. The number of fused-ring (bicyclic) bond motifs is 1. The lowest BCUT2D eigenvalue weighted by atomic mass is 10.0. The van der Waals surface area contributed by atoms with Gasteiger partial charge in [0, 0.05) is 36.8 Å². The lowest BCUT2D eigenvalue weighted by Gasteiger charge is -2.37. The molecule has 172 valence electrons. The summed E-state index contributed by atoms with van der Waals surface area (Å²) in [7, 11) is 1.58. The van der Waals surface area contributed by atoms with Crippen molar-refractivity contribution in [3.63, 3.8) is 0 Å². The van der Waals surface area contributed by atoms with Gasteiger partial charge in [0.05, 0.1) is 42.7 Å². The Balaban J connectivity index is 1.52. The Kier molecular flexibility index (Phi) is 6.47. The van der Waals surface area contributed by atoms with Gasteiger partial charge in [-0.25, -0.2) is 9.50 Å². The Bertz CT molecular complexity index is 1180. The summed E-state index contributed by atoms with van der Waals surface area (Å²) in [4.78, 5) is 18.7. The van der Waals surface area contributed by atoms with Crippen LogP contribution in [0.1, 0.15) is 32.3 Å². The maximum absolute atomic E-state index is 12.1. The number of aliphatic hydroxyl groups excluding tert-OH is 1. The standard InChI is InChI=1S/C24H28N6O3/c1-15(2)8-23(32)28-20-6-7-29(14-21(20)31)22-5-4-16(11-26-22)19-9-18(33-3)13-30-24(19)17(10-25)12-27-30/h4-5,9,11-13,15,20-21,31H,6-8,14H2,1-3H3,(H,28,32)/t20?,21-/m0/s1. The van der Waals surface area contributed by atoms with Crippen LogP contribution in [0.25, 0.3) is 16.6 Å². The molecule has 9 heteroatoms. The third kappa shape index (κ3) is 4.76. The fourth-order valence-corrected chi connectivity index (χ4v) is 4.19. The number of aromatic nitrogens is 3. The Morgan fingerprint density at radius 3 is 2.85 bits per heavy atom. The molecule has 0 bridgehead atoms. The van der Waals surface area contributed by atoms with Gasteiger partial charge in [-0.05, 0) is 30.5 Å². The molecular formula is C24H28N6O3. The van der Waals surface area contributed by atoms with Crippen molar-refractivity contribution >= 4 is 17.2 Å². The van der Waals surface area contributed by atoms with Crippen LogP contribution in [0, 0.1) is 17.2 Å². The first kappa shape index (κ1) is 22.6. The summed E-state index contributed by atoms with van der Waals surface area (Å²) in [6.07, 6.45) is 5.45. The molecule has 4 rings (SSSR count). The molecule has 1 aliphatic rings. The van der Waals surface area contributed by atoms with Gasteiger partial charge in [0.2, 0.25) is 5.91 Å². The number of piperidine rings is 1. The van der Waals surface area contributed by atoms with E-state index in [0.717, 1.165) is 16.9 Å². The largest absolute Gasteiger partial charge is 0.495 e. The molecule has 0 radical (unpaired) electrons. The van der Waals surface area contributed by atoms with Crippen LogP contribution in [0.15, 0.2) is 36.8 Å². The van der Waals surface area contributed by atoms with Gasteiger partial charge in [0.15, 0.2) is 0 Å². The van der Waals surface area contributed by atoms with Crippen molar-refractivity contribution in [3.05, 3.63) is 42.4 Å². The second-order valence-corrected chi connectivity index (χ2v) is 8.74. The van der Waals surface area contributed by atoms with Crippen LogP contribution in [0.4, 0.5) is 5.82 Å². The molecule has 0 saturated carbocycles. The van der Waals surface area contributed by atoms with Crippen LogP contribution in [0.2, 0.25) is 0 Å². The fraction of sp³-hybridized carbons (Fsp3) is 0.417. The quantitative estimate of drug-likeness (QED) is 0.595. The number of methoxy groups -OCH3 is 1. The summed E-state index contributed by atoms with van der Waals surface area (Å²) >= 11 is 0. The molecule has 9 nitrogen and oxygen atoms in total. The van der Waals surface area contributed by atoms with Crippen molar-refractivity contribution in [2.24, 2.45) is 5.92 Å². The number of hydrogen-bond donors (Lipinski definition) is 2. The van der Waals surface area contributed by atoms with E-state index in [2.05, 4.69) is 21.5 Å². The number of hydrogen-bond acceptors (Lipinski definition) is 7. The lowest BCUT2D eigenvalue weighted by molar-refractivity contribution is -0.123. The number of β-amino-alcohol motifs (C(OH)–C–C–N with tert-alkyl or cyclic N) is 1. The molecule has 2 atom stereocenters. The van der Waals surface area contributed by atoms with Crippen LogP contribution in [-0.4, -0.2) is 58.0 Å². The van der Waals surface area contributed by atoms with Crippen molar-refractivity contribution in [1.29, 1.82) is 5.26 Å². The zero-order valence-corrected chi connectivity index (χ0v) is 19.0. The third-order valence-electron chi connectivity index (χ3n) is 5.85. The van der Waals surface area contributed by atoms with Gasteiger partial charge in [-0.1, -0.05) is 13.8 Å². The molecule has 33 heavy (non-hydrogen) atoms. The normalized spacial score (nSPS) is 18.4. The summed E-state index contributed by atoms with van der Waals surface area (Å²) in [5.41, 5.74) is 2.80. The van der Waals surface area contributed by atoms with Crippen molar-refractivity contribution < 1.29 is 14.6 Å². The van der Waals surface area contributed by atoms with Crippen LogP contribution in [0.5, 0.6) is 5.75 Å². The number of rotatable bonds is 6. The minimum absolute atomic E-state index is 0.0220. The van der Waals surface area contributed by atoms with E-state index >= 15 is 0 Å². The highest BCUT2D eigenvalue weighted by Crippen LogP contribution is 2.31. The van der Waals surface area contributed by atoms with Gasteiger partial charge in [-0.3, -0.25) is 4.79 Å². The molecule has 4 heterocycles. The molecule has 1 saturated heterocycles. The summed E-state index contributed by atoms with van der Waals surface area (Å²) in [6.45, 7) is 5.07. The average Bonchev–Trinajstić information content (AvgIpc) is 3.22. The van der Waals surface area contributed by atoms with E-state index in [4.69, 9.17) is 4.74 Å². The number of nitriles is 1. The van der Waals surface area contributed by atoms with Crippen LogP contribution < -0.4 is 15.0 Å². The van der Waals surface area contributed by atoms with Crippen LogP contribution in [-0.2, 0) is 4.79 Å². The topological polar surface area (TPSA) is 116 Å². The van der Waals surface area contributed by atoms with E-state index in [1.54, 1.807) is 24.0 Å². The maximum Gasteiger partial charge on any atom is 0.220 e. The van der Waals surface area contributed by atoms with E-state index in [0.29, 0.717) is 42.8 Å². The molecule has 1 fully saturated rings. The lowest BCUT2D eigenvalue weighted by Crippen LogP contribution is -2.54. The van der Waals surface area contributed by atoms with E-state index in [1.165, 1.54) is 6.20 Å². The van der Waals surface area contributed by atoms with Crippen LogP contribution >= 0.6 is 0 Å². The van der Waals surface area contributed by atoms with E-state index in [9.17, 15) is 15.2 Å². The Morgan fingerprint density at radius 1 is 1.39 bits per heavy atom. The van der Waals surface area contributed by atoms with Gasteiger partial charge >= 0.3 is 0 Å². The number of aliphatic hydroxyl groups is 1. The van der Waals surface area contributed by atoms with E-state index in [-0.39, 0.29) is 17.9 Å². The Labute approximate surface area is 192 Å². The molecule has 0 aliphatic carbocycles. The zero-order chi connectivity index (χ0) is 23.5. The van der Waals surface area contributed by atoms with Gasteiger partial charge in [-0.2, -0.15) is 10.4 Å².